The molecular weight excluding hydrogens is 389 g/mol. The summed E-state index contributed by atoms with van der Waals surface area (Å²) in [7, 11) is 2.06. The highest BCUT2D eigenvalue weighted by Gasteiger charge is 2.02. The Morgan fingerprint density at radius 1 is 0.905 bits per heavy atom. The summed E-state index contributed by atoms with van der Waals surface area (Å²) in [6, 6.07) is 18.9. The summed E-state index contributed by atoms with van der Waals surface area (Å²) in [4.78, 5) is 1.27. The minimum absolute atomic E-state index is 0. The summed E-state index contributed by atoms with van der Waals surface area (Å²) in [6.45, 7) is 0. The Balaban J connectivity index is 0.00000161. The van der Waals surface area contributed by atoms with Crippen LogP contribution in [0.25, 0.3) is 23.3 Å². The van der Waals surface area contributed by atoms with Gasteiger partial charge in [-0.25, -0.2) is 4.57 Å². The van der Waals surface area contributed by atoms with Gasteiger partial charge < -0.3 is 24.0 Å². The lowest BCUT2D eigenvalue weighted by Gasteiger charge is -1.94. The van der Waals surface area contributed by atoms with E-state index in [4.69, 9.17) is 0 Å². The standard InChI is InChI=1S/C18H16NS.HI/c1-19-12-6-5-9-17(19)10-11-18-13-16(14-20-18)15-7-3-2-4-8-15;/h2-14H,1H3;1H/q+1;/p-1/b11-10+;. The van der Waals surface area contributed by atoms with E-state index in [9.17, 15) is 0 Å². The van der Waals surface area contributed by atoms with Crippen molar-refractivity contribution in [2.75, 3.05) is 0 Å². The summed E-state index contributed by atoms with van der Waals surface area (Å²) in [5.41, 5.74) is 3.75. The molecule has 3 aromatic rings. The SMILES string of the molecule is C[n+]1ccccc1/C=C/c1cc(-c2ccccc2)cs1.[I-]. The highest BCUT2D eigenvalue weighted by molar-refractivity contribution is 7.11. The predicted molar refractivity (Wildman–Crippen MR) is 86.3 cm³/mol. The van der Waals surface area contributed by atoms with Gasteiger partial charge in [0.2, 0.25) is 5.69 Å². The molecule has 0 aliphatic carbocycles. The number of rotatable bonds is 3. The van der Waals surface area contributed by atoms with E-state index in [-0.39, 0.29) is 24.0 Å². The molecule has 0 saturated heterocycles. The van der Waals surface area contributed by atoms with Gasteiger partial charge in [0.05, 0.1) is 0 Å². The van der Waals surface area contributed by atoms with Crippen molar-refractivity contribution in [3.8, 4) is 11.1 Å². The predicted octanol–water partition coefficient (Wildman–Crippen LogP) is 1.41. The van der Waals surface area contributed by atoms with Crippen LogP contribution in [-0.4, -0.2) is 0 Å². The van der Waals surface area contributed by atoms with Crippen LogP contribution in [0.4, 0.5) is 0 Å². The van der Waals surface area contributed by atoms with Crippen molar-refractivity contribution in [2.24, 2.45) is 7.05 Å². The van der Waals surface area contributed by atoms with Crippen LogP contribution in [0.5, 0.6) is 0 Å². The second kappa shape index (κ2) is 7.52. The molecule has 0 spiro atoms. The van der Waals surface area contributed by atoms with Crippen LogP contribution < -0.4 is 28.5 Å². The molecule has 0 saturated carbocycles. The zero-order valence-electron chi connectivity index (χ0n) is 11.7. The van der Waals surface area contributed by atoms with E-state index in [0.29, 0.717) is 0 Å². The first-order chi connectivity index (χ1) is 9.83. The van der Waals surface area contributed by atoms with Crippen molar-refractivity contribution in [2.45, 2.75) is 0 Å². The van der Waals surface area contributed by atoms with Crippen LogP contribution in [0.3, 0.4) is 0 Å². The number of aromatic nitrogens is 1. The van der Waals surface area contributed by atoms with Gasteiger partial charge in [-0.3, -0.25) is 0 Å². The first-order valence-electron chi connectivity index (χ1n) is 6.59. The molecule has 0 N–H and O–H groups in total. The Morgan fingerprint density at radius 2 is 1.67 bits per heavy atom. The fraction of sp³-hybridized carbons (Fsp3) is 0.0556. The average molecular weight is 405 g/mol. The van der Waals surface area contributed by atoms with E-state index >= 15 is 0 Å². The smallest absolute Gasteiger partial charge is 0.204 e. The summed E-state index contributed by atoms with van der Waals surface area (Å²) in [6.07, 6.45) is 6.39. The molecule has 0 radical (unpaired) electrons. The van der Waals surface area contributed by atoms with E-state index in [1.165, 1.54) is 21.7 Å². The number of thiophene rings is 1. The number of pyridine rings is 1. The third-order valence-electron chi connectivity index (χ3n) is 3.24. The van der Waals surface area contributed by atoms with Crippen LogP contribution in [0.1, 0.15) is 10.6 Å². The zero-order valence-corrected chi connectivity index (χ0v) is 14.7. The van der Waals surface area contributed by atoms with Crippen LogP contribution in [0, 0.1) is 0 Å². The van der Waals surface area contributed by atoms with E-state index < -0.39 is 0 Å². The number of aryl methyl sites for hydroxylation is 1. The van der Waals surface area contributed by atoms with Gasteiger partial charge in [0, 0.05) is 23.1 Å². The van der Waals surface area contributed by atoms with Crippen molar-refractivity contribution >= 4 is 23.5 Å². The Kier molecular flexibility index (Phi) is 5.70. The van der Waals surface area contributed by atoms with E-state index in [0.717, 1.165) is 0 Å². The molecule has 0 unspecified atom stereocenters. The molecule has 0 atom stereocenters. The fourth-order valence-electron chi connectivity index (χ4n) is 2.10. The third kappa shape index (κ3) is 4.02. The van der Waals surface area contributed by atoms with Gasteiger partial charge >= 0.3 is 0 Å². The van der Waals surface area contributed by atoms with Gasteiger partial charge in [-0.15, -0.1) is 11.3 Å². The lowest BCUT2D eigenvalue weighted by molar-refractivity contribution is -0.673. The number of halogens is 1. The monoisotopic (exact) mass is 405 g/mol. The van der Waals surface area contributed by atoms with E-state index in [1.54, 1.807) is 11.3 Å². The summed E-state index contributed by atoms with van der Waals surface area (Å²) >= 11 is 1.77. The minimum atomic E-state index is 0. The molecule has 3 heteroatoms. The molecule has 21 heavy (non-hydrogen) atoms. The number of hydrogen-bond donors (Lipinski definition) is 0. The van der Waals surface area contributed by atoms with Gasteiger partial charge in [-0.05, 0) is 34.7 Å². The van der Waals surface area contributed by atoms with Crippen LogP contribution in [0.2, 0.25) is 0 Å². The van der Waals surface area contributed by atoms with Gasteiger partial charge in [-0.2, -0.15) is 0 Å². The maximum atomic E-state index is 2.24. The van der Waals surface area contributed by atoms with Crippen molar-refractivity contribution in [3.05, 3.63) is 76.7 Å². The molecule has 2 heterocycles. The van der Waals surface area contributed by atoms with Gasteiger partial charge in [0.15, 0.2) is 6.20 Å². The molecule has 2 aromatic heterocycles. The molecule has 1 nitrogen and oxygen atoms in total. The van der Waals surface area contributed by atoms with Crippen molar-refractivity contribution < 1.29 is 28.5 Å². The molecule has 3 rings (SSSR count). The maximum absolute atomic E-state index is 2.24. The van der Waals surface area contributed by atoms with Gasteiger partial charge in [-0.1, -0.05) is 30.3 Å². The second-order valence-corrected chi connectivity index (χ2v) is 5.62. The highest BCUT2D eigenvalue weighted by atomic mass is 127. The molecular formula is C18H16INS. The van der Waals surface area contributed by atoms with Crippen molar-refractivity contribution in [3.63, 3.8) is 0 Å². The minimum Gasteiger partial charge on any atom is -1.00 e. The number of benzene rings is 1. The van der Waals surface area contributed by atoms with E-state index in [1.807, 2.05) is 12.1 Å². The third-order valence-corrected chi connectivity index (χ3v) is 4.14. The fourth-order valence-corrected chi connectivity index (χ4v) is 2.91. The number of nitrogens with zero attached hydrogens (tertiary/aromatic N) is 1. The molecule has 0 aliphatic heterocycles. The topological polar surface area (TPSA) is 3.88 Å². The Hall–Kier alpha value is -1.46. The molecule has 1 aromatic carbocycles. The molecule has 0 bridgehead atoms. The van der Waals surface area contributed by atoms with Gasteiger partial charge in [0.1, 0.15) is 7.05 Å². The Morgan fingerprint density at radius 3 is 2.43 bits per heavy atom. The van der Waals surface area contributed by atoms with Crippen molar-refractivity contribution in [1.82, 2.24) is 0 Å². The normalized spacial score (nSPS) is 10.5. The average Bonchev–Trinajstić information content (AvgIpc) is 2.96. The van der Waals surface area contributed by atoms with Crippen LogP contribution >= 0.6 is 11.3 Å². The summed E-state index contributed by atoms with van der Waals surface area (Å²) in [5.74, 6) is 0. The lowest BCUT2D eigenvalue weighted by Crippen LogP contribution is -3.00. The first kappa shape index (κ1) is 15.9. The largest absolute Gasteiger partial charge is 1.00 e. The summed E-state index contributed by atoms with van der Waals surface area (Å²) < 4.78 is 2.11. The lowest BCUT2D eigenvalue weighted by atomic mass is 10.1. The van der Waals surface area contributed by atoms with Crippen LogP contribution in [0.15, 0.2) is 66.2 Å². The molecule has 106 valence electrons. The second-order valence-electron chi connectivity index (χ2n) is 4.67. The number of hydrogen-bond acceptors (Lipinski definition) is 1. The maximum Gasteiger partial charge on any atom is 0.204 e. The Labute approximate surface area is 146 Å². The van der Waals surface area contributed by atoms with Gasteiger partial charge in [0.25, 0.3) is 0 Å². The quantitative estimate of drug-likeness (QED) is 0.459. The zero-order chi connectivity index (χ0) is 13.8. The molecule has 0 fully saturated rings. The van der Waals surface area contributed by atoms with E-state index in [2.05, 4.69) is 77.8 Å². The molecule has 0 amide bonds. The van der Waals surface area contributed by atoms with Crippen LogP contribution in [-0.2, 0) is 7.05 Å². The van der Waals surface area contributed by atoms with Crippen molar-refractivity contribution in [1.29, 1.82) is 0 Å². The Bertz CT molecular complexity index is 732. The molecule has 0 aliphatic rings. The summed E-state index contributed by atoms with van der Waals surface area (Å²) in [5, 5.41) is 2.21. The highest BCUT2D eigenvalue weighted by Crippen LogP contribution is 2.26. The first-order valence-corrected chi connectivity index (χ1v) is 7.47.